The van der Waals surface area contributed by atoms with E-state index >= 15 is 0 Å². The Kier molecular flexibility index (Phi) is 6.22. The first-order valence-corrected chi connectivity index (χ1v) is 6.24. The van der Waals surface area contributed by atoms with Crippen LogP contribution in [0.1, 0.15) is 33.1 Å². The van der Waals surface area contributed by atoms with Crippen LogP contribution in [0.2, 0.25) is 0 Å². The fraction of sp³-hybridized carbons (Fsp3) is 1.00. The maximum absolute atomic E-state index is 5.85. The van der Waals surface area contributed by atoms with E-state index in [4.69, 9.17) is 4.74 Å². The number of ether oxygens (including phenoxy) is 1. The molecule has 0 unspecified atom stereocenters. The molecule has 1 heterocycles. The Morgan fingerprint density at radius 2 is 2.00 bits per heavy atom. The standard InChI is InChI=1S/C12H26N2O/c1-11(2)14-8-5-12(6-9-14)15-10-4-7-13-3/h11-13H,4-10H2,1-3H3. The molecule has 1 rings (SSSR count). The van der Waals surface area contributed by atoms with E-state index in [1.54, 1.807) is 0 Å². The van der Waals surface area contributed by atoms with E-state index in [-0.39, 0.29) is 0 Å². The maximum atomic E-state index is 5.85. The molecule has 3 heteroatoms. The highest BCUT2D eigenvalue weighted by molar-refractivity contribution is 4.74. The van der Waals surface area contributed by atoms with E-state index in [0.29, 0.717) is 12.1 Å². The molecule has 0 amide bonds. The number of hydrogen-bond donors (Lipinski definition) is 1. The smallest absolute Gasteiger partial charge is 0.0599 e. The summed E-state index contributed by atoms with van der Waals surface area (Å²) in [6.07, 6.45) is 4.05. The lowest BCUT2D eigenvalue weighted by atomic mass is 10.1. The minimum Gasteiger partial charge on any atom is -0.378 e. The van der Waals surface area contributed by atoms with Gasteiger partial charge in [-0.2, -0.15) is 0 Å². The summed E-state index contributed by atoms with van der Waals surface area (Å²) < 4.78 is 5.85. The number of hydrogen-bond acceptors (Lipinski definition) is 3. The fourth-order valence-electron chi connectivity index (χ4n) is 2.06. The Morgan fingerprint density at radius 3 is 2.53 bits per heavy atom. The van der Waals surface area contributed by atoms with Crippen LogP contribution in [0, 0.1) is 0 Å². The number of rotatable bonds is 6. The molecule has 0 aromatic heterocycles. The van der Waals surface area contributed by atoms with Crippen LogP contribution in [0.15, 0.2) is 0 Å². The minimum absolute atomic E-state index is 0.511. The molecule has 0 atom stereocenters. The monoisotopic (exact) mass is 214 g/mol. The lowest BCUT2D eigenvalue weighted by Gasteiger charge is -2.34. The van der Waals surface area contributed by atoms with Gasteiger partial charge in [0, 0.05) is 25.7 Å². The molecule has 0 aromatic rings. The van der Waals surface area contributed by atoms with Crippen molar-refractivity contribution in [1.82, 2.24) is 10.2 Å². The predicted octanol–water partition coefficient (Wildman–Crippen LogP) is 1.49. The summed E-state index contributed by atoms with van der Waals surface area (Å²) in [6.45, 7) is 8.92. The van der Waals surface area contributed by atoms with Crippen molar-refractivity contribution < 1.29 is 4.74 Å². The minimum atomic E-state index is 0.511. The number of piperidine rings is 1. The molecule has 0 radical (unpaired) electrons. The SMILES string of the molecule is CNCCCOC1CCN(C(C)C)CC1. The zero-order valence-electron chi connectivity index (χ0n) is 10.5. The Bertz CT molecular complexity index is 154. The zero-order valence-corrected chi connectivity index (χ0v) is 10.5. The van der Waals surface area contributed by atoms with Gasteiger partial charge in [0.2, 0.25) is 0 Å². The first-order valence-electron chi connectivity index (χ1n) is 6.24. The van der Waals surface area contributed by atoms with Crippen molar-refractivity contribution in [3.05, 3.63) is 0 Å². The summed E-state index contributed by atoms with van der Waals surface area (Å²) in [6, 6.07) is 0.690. The molecule has 0 bridgehead atoms. The Morgan fingerprint density at radius 1 is 1.33 bits per heavy atom. The number of likely N-dealkylation sites (tertiary alicyclic amines) is 1. The van der Waals surface area contributed by atoms with Crippen LogP contribution in [0.4, 0.5) is 0 Å². The summed E-state index contributed by atoms with van der Waals surface area (Å²) in [5.74, 6) is 0. The Balaban J connectivity index is 2.04. The second-order valence-electron chi connectivity index (χ2n) is 4.66. The van der Waals surface area contributed by atoms with Crippen LogP contribution in [0.25, 0.3) is 0 Å². The molecule has 0 aliphatic carbocycles. The normalized spacial score (nSPS) is 20.0. The van der Waals surface area contributed by atoms with E-state index < -0.39 is 0 Å². The van der Waals surface area contributed by atoms with Gasteiger partial charge >= 0.3 is 0 Å². The average Bonchev–Trinajstić information content (AvgIpc) is 2.25. The summed E-state index contributed by atoms with van der Waals surface area (Å²) >= 11 is 0. The number of nitrogens with zero attached hydrogens (tertiary/aromatic N) is 1. The molecule has 0 spiro atoms. The van der Waals surface area contributed by atoms with Gasteiger partial charge in [-0.05, 0) is 46.7 Å². The molecule has 90 valence electrons. The van der Waals surface area contributed by atoms with Crippen LogP contribution in [0.5, 0.6) is 0 Å². The van der Waals surface area contributed by atoms with Crippen molar-refractivity contribution in [1.29, 1.82) is 0 Å². The van der Waals surface area contributed by atoms with Gasteiger partial charge < -0.3 is 15.0 Å². The largest absolute Gasteiger partial charge is 0.378 e. The van der Waals surface area contributed by atoms with E-state index in [1.807, 2.05) is 7.05 Å². The molecule has 0 aromatic carbocycles. The zero-order chi connectivity index (χ0) is 11.1. The molecule has 1 saturated heterocycles. The topological polar surface area (TPSA) is 24.5 Å². The summed E-state index contributed by atoms with van der Waals surface area (Å²) in [4.78, 5) is 2.54. The molecule has 1 N–H and O–H groups in total. The van der Waals surface area contributed by atoms with Crippen molar-refractivity contribution in [2.45, 2.75) is 45.3 Å². The lowest BCUT2D eigenvalue weighted by molar-refractivity contribution is 0.000735. The third kappa shape index (κ3) is 4.96. The highest BCUT2D eigenvalue weighted by atomic mass is 16.5. The molecule has 15 heavy (non-hydrogen) atoms. The van der Waals surface area contributed by atoms with Crippen molar-refractivity contribution in [3.8, 4) is 0 Å². The van der Waals surface area contributed by atoms with Gasteiger partial charge in [0.25, 0.3) is 0 Å². The third-order valence-electron chi connectivity index (χ3n) is 3.13. The molecule has 1 aliphatic heterocycles. The van der Waals surface area contributed by atoms with E-state index in [1.165, 1.54) is 25.9 Å². The predicted molar refractivity (Wildman–Crippen MR) is 64.2 cm³/mol. The van der Waals surface area contributed by atoms with E-state index in [9.17, 15) is 0 Å². The van der Waals surface area contributed by atoms with Gasteiger partial charge in [0.1, 0.15) is 0 Å². The molecule has 1 aliphatic rings. The third-order valence-corrected chi connectivity index (χ3v) is 3.13. The summed E-state index contributed by atoms with van der Waals surface area (Å²) in [5, 5.41) is 3.14. The van der Waals surface area contributed by atoms with Crippen LogP contribution >= 0.6 is 0 Å². The van der Waals surface area contributed by atoms with Crippen molar-refractivity contribution in [2.24, 2.45) is 0 Å². The molecule has 3 nitrogen and oxygen atoms in total. The first-order chi connectivity index (χ1) is 7.24. The molecule has 1 fully saturated rings. The van der Waals surface area contributed by atoms with Gasteiger partial charge in [0.15, 0.2) is 0 Å². The second-order valence-corrected chi connectivity index (χ2v) is 4.66. The van der Waals surface area contributed by atoms with Crippen LogP contribution in [-0.4, -0.2) is 50.3 Å². The van der Waals surface area contributed by atoms with Crippen LogP contribution < -0.4 is 5.32 Å². The van der Waals surface area contributed by atoms with Gasteiger partial charge in [-0.3, -0.25) is 0 Å². The van der Waals surface area contributed by atoms with Crippen LogP contribution in [0.3, 0.4) is 0 Å². The van der Waals surface area contributed by atoms with Crippen molar-refractivity contribution in [3.63, 3.8) is 0 Å². The molecular weight excluding hydrogens is 188 g/mol. The van der Waals surface area contributed by atoms with Gasteiger partial charge in [-0.15, -0.1) is 0 Å². The highest BCUT2D eigenvalue weighted by Crippen LogP contribution is 2.15. The maximum Gasteiger partial charge on any atom is 0.0599 e. The molecule has 0 saturated carbocycles. The Labute approximate surface area is 94.2 Å². The Hall–Kier alpha value is -0.120. The quantitative estimate of drug-likeness (QED) is 0.678. The first kappa shape index (κ1) is 12.9. The lowest BCUT2D eigenvalue weighted by Crippen LogP contribution is -2.41. The molecular formula is C12H26N2O. The summed E-state index contributed by atoms with van der Waals surface area (Å²) in [5.41, 5.74) is 0. The highest BCUT2D eigenvalue weighted by Gasteiger charge is 2.20. The van der Waals surface area contributed by atoms with Gasteiger partial charge in [-0.1, -0.05) is 0 Å². The van der Waals surface area contributed by atoms with Crippen LogP contribution in [-0.2, 0) is 4.74 Å². The van der Waals surface area contributed by atoms with Gasteiger partial charge in [0.05, 0.1) is 6.10 Å². The van der Waals surface area contributed by atoms with Gasteiger partial charge in [-0.25, -0.2) is 0 Å². The van der Waals surface area contributed by atoms with Crippen molar-refractivity contribution >= 4 is 0 Å². The van der Waals surface area contributed by atoms with E-state index in [2.05, 4.69) is 24.1 Å². The summed E-state index contributed by atoms with van der Waals surface area (Å²) in [7, 11) is 1.99. The van der Waals surface area contributed by atoms with Crippen molar-refractivity contribution in [2.75, 3.05) is 33.3 Å². The second kappa shape index (κ2) is 7.20. The van der Waals surface area contributed by atoms with E-state index in [0.717, 1.165) is 19.6 Å². The number of nitrogens with one attached hydrogen (secondary N) is 1. The average molecular weight is 214 g/mol. The fourth-order valence-corrected chi connectivity index (χ4v) is 2.06.